The van der Waals surface area contributed by atoms with Crippen molar-refractivity contribution in [1.29, 1.82) is 0 Å². The first-order valence-electron chi connectivity index (χ1n) is 13.3. The molecule has 0 aliphatic carbocycles. The molecule has 5 heterocycles. The van der Waals surface area contributed by atoms with Gasteiger partial charge < -0.3 is 20.1 Å². The molecule has 39 heavy (non-hydrogen) atoms. The summed E-state index contributed by atoms with van der Waals surface area (Å²) in [5.74, 6) is 0.638. The average molecular weight is 527 g/mol. The van der Waals surface area contributed by atoms with Crippen molar-refractivity contribution in [2.75, 3.05) is 31.6 Å². The Morgan fingerprint density at radius 2 is 1.97 bits per heavy atom. The SMILES string of the molecule is O=C(O)CC(c1cncc(C(=O)N2CCC2)c1)n1ncc2cc(OCCc3ccc4c(n3)NCCC4)ccc21. The molecule has 1 fully saturated rings. The minimum atomic E-state index is -0.964. The summed E-state index contributed by atoms with van der Waals surface area (Å²) in [6.07, 6.45) is 8.52. The Labute approximate surface area is 225 Å². The Balaban J connectivity index is 1.19. The van der Waals surface area contributed by atoms with Crippen molar-refractivity contribution in [2.24, 2.45) is 0 Å². The largest absolute Gasteiger partial charge is 0.493 e. The number of hydrogen-bond acceptors (Lipinski definition) is 7. The molecule has 0 bridgehead atoms. The third-order valence-electron chi connectivity index (χ3n) is 7.34. The van der Waals surface area contributed by atoms with Crippen LogP contribution in [0, 0.1) is 0 Å². The van der Waals surface area contributed by atoms with E-state index in [1.54, 1.807) is 28.0 Å². The molecule has 1 atom stereocenters. The van der Waals surface area contributed by atoms with Crippen LogP contribution in [0.1, 0.15) is 52.5 Å². The Bertz CT molecular complexity index is 1530. The fourth-order valence-electron chi connectivity index (χ4n) is 5.12. The maximum atomic E-state index is 12.7. The molecule has 1 unspecified atom stereocenters. The molecule has 2 N–H and O–H groups in total. The summed E-state index contributed by atoms with van der Waals surface area (Å²) < 4.78 is 7.70. The van der Waals surface area contributed by atoms with E-state index in [0.717, 1.165) is 61.3 Å². The van der Waals surface area contributed by atoms with E-state index in [4.69, 9.17) is 9.72 Å². The van der Waals surface area contributed by atoms with Gasteiger partial charge in [0.25, 0.3) is 5.91 Å². The number of nitrogens with one attached hydrogen (secondary N) is 1. The van der Waals surface area contributed by atoms with Gasteiger partial charge in [0.05, 0.1) is 36.3 Å². The van der Waals surface area contributed by atoms with Gasteiger partial charge in [0.2, 0.25) is 0 Å². The lowest BCUT2D eigenvalue weighted by Gasteiger charge is -2.31. The summed E-state index contributed by atoms with van der Waals surface area (Å²) >= 11 is 0. The van der Waals surface area contributed by atoms with Crippen LogP contribution in [0.3, 0.4) is 0 Å². The molecular formula is C29H30N6O4. The normalized spacial score (nSPS) is 15.2. The molecule has 1 aromatic carbocycles. The summed E-state index contributed by atoms with van der Waals surface area (Å²) in [5, 5.41) is 18.4. The lowest BCUT2D eigenvalue weighted by atomic mass is 10.0. The van der Waals surface area contributed by atoms with Crippen LogP contribution in [0.4, 0.5) is 5.82 Å². The summed E-state index contributed by atoms with van der Waals surface area (Å²) in [6.45, 7) is 2.91. The molecule has 2 aliphatic rings. The smallest absolute Gasteiger partial charge is 0.305 e. The van der Waals surface area contributed by atoms with Gasteiger partial charge in [0.1, 0.15) is 11.6 Å². The first-order chi connectivity index (χ1) is 19.0. The van der Waals surface area contributed by atoms with Crippen molar-refractivity contribution >= 4 is 28.6 Å². The van der Waals surface area contributed by atoms with E-state index in [2.05, 4.69) is 27.5 Å². The van der Waals surface area contributed by atoms with Crippen LogP contribution < -0.4 is 10.1 Å². The van der Waals surface area contributed by atoms with Crippen LogP contribution in [0.25, 0.3) is 10.9 Å². The number of carbonyl (C=O) groups is 2. The van der Waals surface area contributed by atoms with Crippen molar-refractivity contribution in [3.8, 4) is 5.75 Å². The van der Waals surface area contributed by atoms with E-state index >= 15 is 0 Å². The second kappa shape index (κ2) is 10.7. The fraction of sp³-hybridized carbons (Fsp3) is 0.345. The molecule has 0 spiro atoms. The van der Waals surface area contributed by atoms with Gasteiger partial charge >= 0.3 is 5.97 Å². The van der Waals surface area contributed by atoms with Gasteiger partial charge in [-0.3, -0.25) is 19.3 Å². The fourth-order valence-corrected chi connectivity index (χ4v) is 5.12. The zero-order valence-corrected chi connectivity index (χ0v) is 21.5. The minimum absolute atomic E-state index is 0.0846. The Kier molecular flexibility index (Phi) is 6.83. The van der Waals surface area contributed by atoms with Crippen LogP contribution in [0.5, 0.6) is 5.75 Å². The summed E-state index contributed by atoms with van der Waals surface area (Å²) in [5.41, 5.74) is 4.10. The standard InChI is InChI=1S/C29H30N6O4/c36-27(37)15-26(20-13-22(17-30-16-20)29(38)34-10-2-11-34)35-25-7-6-24(14-21(25)18-32-35)39-12-8-23-5-4-19-3-1-9-31-28(19)33-23/h4-7,13-14,16-18,26H,1-3,8-12,15H2,(H,31,33)(H,36,37). The average Bonchev–Trinajstić information content (AvgIpc) is 3.34. The molecule has 1 amide bonds. The van der Waals surface area contributed by atoms with Gasteiger partial charge in [-0.1, -0.05) is 6.07 Å². The lowest BCUT2D eigenvalue weighted by molar-refractivity contribution is -0.137. The molecule has 10 nitrogen and oxygen atoms in total. The second-order valence-electron chi connectivity index (χ2n) is 10.0. The quantitative estimate of drug-likeness (QED) is 0.338. The van der Waals surface area contributed by atoms with E-state index in [-0.39, 0.29) is 12.3 Å². The Morgan fingerprint density at radius 3 is 2.79 bits per heavy atom. The van der Waals surface area contributed by atoms with E-state index in [1.807, 2.05) is 18.2 Å². The highest BCUT2D eigenvalue weighted by molar-refractivity contribution is 5.94. The van der Waals surface area contributed by atoms with E-state index < -0.39 is 12.0 Å². The Hall–Kier alpha value is -4.47. The highest BCUT2D eigenvalue weighted by Gasteiger charge is 2.25. The lowest BCUT2D eigenvalue weighted by Crippen LogP contribution is -2.42. The topological polar surface area (TPSA) is 122 Å². The van der Waals surface area contributed by atoms with Crippen LogP contribution in [0.15, 0.2) is 55.0 Å². The summed E-state index contributed by atoms with van der Waals surface area (Å²) in [4.78, 5) is 35.3. The third kappa shape index (κ3) is 5.27. The maximum Gasteiger partial charge on any atom is 0.305 e. The predicted molar refractivity (Wildman–Crippen MR) is 145 cm³/mol. The zero-order valence-electron chi connectivity index (χ0n) is 21.5. The van der Waals surface area contributed by atoms with Crippen LogP contribution in [-0.2, 0) is 17.6 Å². The van der Waals surface area contributed by atoms with Crippen molar-refractivity contribution < 1.29 is 19.4 Å². The number of ether oxygens (including phenoxy) is 1. The number of carboxylic acids is 1. The van der Waals surface area contributed by atoms with Gasteiger partial charge in [-0.05, 0) is 60.7 Å². The number of aryl methyl sites for hydroxylation is 1. The number of benzene rings is 1. The number of carboxylic acid groups (broad SMARTS) is 1. The molecular weight excluding hydrogens is 496 g/mol. The van der Waals surface area contributed by atoms with E-state index in [9.17, 15) is 14.7 Å². The highest BCUT2D eigenvalue weighted by Crippen LogP contribution is 2.29. The number of amides is 1. The zero-order chi connectivity index (χ0) is 26.8. The van der Waals surface area contributed by atoms with Crippen LogP contribution in [-0.4, -0.2) is 67.9 Å². The number of nitrogens with zero attached hydrogens (tertiary/aromatic N) is 5. The monoisotopic (exact) mass is 526 g/mol. The van der Waals surface area contributed by atoms with Crippen LogP contribution >= 0.6 is 0 Å². The van der Waals surface area contributed by atoms with Crippen LogP contribution in [0.2, 0.25) is 0 Å². The van der Waals surface area contributed by atoms with Crippen molar-refractivity contribution in [3.63, 3.8) is 0 Å². The molecule has 3 aromatic heterocycles. The summed E-state index contributed by atoms with van der Waals surface area (Å²) in [7, 11) is 0. The first kappa shape index (κ1) is 24.8. The van der Waals surface area contributed by atoms with Gasteiger partial charge in [-0.25, -0.2) is 4.98 Å². The number of hydrogen-bond donors (Lipinski definition) is 2. The van der Waals surface area contributed by atoms with Gasteiger partial charge in [-0.15, -0.1) is 0 Å². The predicted octanol–water partition coefficient (Wildman–Crippen LogP) is 3.72. The van der Waals surface area contributed by atoms with E-state index in [1.165, 1.54) is 11.8 Å². The highest BCUT2D eigenvalue weighted by atomic mass is 16.5. The van der Waals surface area contributed by atoms with Crippen molar-refractivity contribution in [2.45, 2.75) is 38.1 Å². The molecule has 0 saturated carbocycles. The molecule has 6 rings (SSSR count). The molecule has 1 saturated heterocycles. The summed E-state index contributed by atoms with van der Waals surface area (Å²) in [6, 6.07) is 11.0. The number of anilines is 1. The van der Waals surface area contributed by atoms with Gasteiger partial charge in [0.15, 0.2) is 0 Å². The third-order valence-corrected chi connectivity index (χ3v) is 7.34. The van der Waals surface area contributed by atoms with Crippen molar-refractivity contribution in [3.05, 3.63) is 77.4 Å². The number of aliphatic carboxylic acids is 1. The first-order valence-corrected chi connectivity index (χ1v) is 13.3. The molecule has 0 radical (unpaired) electrons. The Morgan fingerprint density at radius 1 is 1.08 bits per heavy atom. The van der Waals surface area contributed by atoms with Crippen molar-refractivity contribution in [1.82, 2.24) is 24.6 Å². The molecule has 4 aromatic rings. The number of likely N-dealkylation sites (tertiary alicyclic amines) is 1. The number of carbonyl (C=O) groups excluding carboxylic acids is 1. The maximum absolute atomic E-state index is 12.7. The number of pyridine rings is 2. The van der Waals surface area contributed by atoms with Gasteiger partial charge in [0, 0.05) is 49.5 Å². The molecule has 2 aliphatic heterocycles. The minimum Gasteiger partial charge on any atom is -0.493 e. The molecule has 10 heteroatoms. The van der Waals surface area contributed by atoms with Gasteiger partial charge in [-0.2, -0.15) is 5.10 Å². The number of fused-ring (bicyclic) bond motifs is 2. The van der Waals surface area contributed by atoms with E-state index in [0.29, 0.717) is 29.9 Å². The molecule has 200 valence electrons. The second-order valence-corrected chi connectivity index (χ2v) is 10.0. The number of rotatable bonds is 9. The number of aromatic nitrogens is 4.